The maximum Gasteiger partial charge on any atom is 0.254 e. The summed E-state index contributed by atoms with van der Waals surface area (Å²) in [6, 6.07) is 6.28. The first-order chi connectivity index (χ1) is 11.5. The quantitative estimate of drug-likeness (QED) is 0.449. The van der Waals surface area contributed by atoms with Gasteiger partial charge in [0.15, 0.2) is 5.16 Å². The Kier molecular flexibility index (Phi) is 4.89. The predicted molar refractivity (Wildman–Crippen MR) is 93.6 cm³/mol. The number of H-pyrrole nitrogens is 1. The third kappa shape index (κ3) is 3.79. The van der Waals surface area contributed by atoms with E-state index in [-0.39, 0.29) is 17.2 Å². The molecule has 1 aliphatic carbocycles. The van der Waals surface area contributed by atoms with Crippen LogP contribution in [-0.2, 0) is 17.6 Å². The van der Waals surface area contributed by atoms with Gasteiger partial charge in [-0.3, -0.25) is 9.59 Å². The molecule has 1 heterocycles. The molecule has 1 unspecified atom stereocenters. The van der Waals surface area contributed by atoms with Crippen molar-refractivity contribution in [3.63, 3.8) is 0 Å². The van der Waals surface area contributed by atoms with Crippen molar-refractivity contribution < 1.29 is 9.90 Å². The first-order valence-electron chi connectivity index (χ1n) is 7.91. The molecule has 3 rings (SSSR count). The number of benzene rings is 1. The molecule has 1 aromatic heterocycles. The summed E-state index contributed by atoms with van der Waals surface area (Å²) in [6.45, 7) is 1.76. The maximum absolute atomic E-state index is 12.3. The minimum Gasteiger partial charge on any atom is -0.508 e. The second-order valence-corrected chi connectivity index (χ2v) is 7.13. The van der Waals surface area contributed by atoms with E-state index in [0.29, 0.717) is 10.8 Å². The summed E-state index contributed by atoms with van der Waals surface area (Å²) in [5, 5.41) is 12.1. The molecule has 1 atom stereocenters. The number of phenolic OH excluding ortho intramolecular Hbond substituents is 1. The molecule has 0 fully saturated rings. The number of fused-ring (bicyclic) bond motifs is 1. The van der Waals surface area contributed by atoms with Crippen LogP contribution in [0, 0.1) is 0 Å². The van der Waals surface area contributed by atoms with Gasteiger partial charge in [0.25, 0.3) is 5.56 Å². The van der Waals surface area contributed by atoms with E-state index in [9.17, 15) is 14.7 Å². The molecule has 0 aliphatic heterocycles. The lowest BCUT2D eigenvalue weighted by molar-refractivity contribution is -0.115. The number of aromatic nitrogens is 2. The predicted octanol–water partition coefficient (Wildman–Crippen LogP) is 2.47. The van der Waals surface area contributed by atoms with Gasteiger partial charge in [-0.05, 0) is 56.9 Å². The van der Waals surface area contributed by atoms with Gasteiger partial charge in [0.2, 0.25) is 5.91 Å². The Labute approximate surface area is 143 Å². The Hall–Kier alpha value is -2.28. The number of aryl methyl sites for hydroxylation is 1. The van der Waals surface area contributed by atoms with Crippen LogP contribution in [0.5, 0.6) is 5.75 Å². The molecule has 6 nitrogen and oxygen atoms in total. The number of phenols is 1. The van der Waals surface area contributed by atoms with Crippen LogP contribution in [0.4, 0.5) is 5.69 Å². The Morgan fingerprint density at radius 2 is 2.00 bits per heavy atom. The number of nitrogens with one attached hydrogen (secondary N) is 2. The van der Waals surface area contributed by atoms with Gasteiger partial charge < -0.3 is 15.4 Å². The molecule has 126 valence electrons. The zero-order valence-corrected chi connectivity index (χ0v) is 14.2. The molecule has 1 aromatic carbocycles. The first kappa shape index (κ1) is 16.6. The van der Waals surface area contributed by atoms with Crippen LogP contribution in [0.25, 0.3) is 0 Å². The Morgan fingerprint density at radius 3 is 2.75 bits per heavy atom. The van der Waals surface area contributed by atoms with Crippen LogP contribution in [0.2, 0.25) is 0 Å². The third-order valence-electron chi connectivity index (χ3n) is 3.96. The van der Waals surface area contributed by atoms with Crippen molar-refractivity contribution in [1.29, 1.82) is 0 Å². The number of carbonyl (C=O) groups is 1. The van der Waals surface area contributed by atoms with Gasteiger partial charge in [0, 0.05) is 11.3 Å². The van der Waals surface area contributed by atoms with Gasteiger partial charge in [-0.15, -0.1) is 0 Å². The zero-order chi connectivity index (χ0) is 17.1. The van der Waals surface area contributed by atoms with E-state index in [4.69, 9.17) is 0 Å². The number of rotatable bonds is 4. The monoisotopic (exact) mass is 345 g/mol. The SMILES string of the molecule is CC(Sc1nc2c(c(=O)[nH]1)CCCC2)C(=O)Nc1ccc(O)cc1. The summed E-state index contributed by atoms with van der Waals surface area (Å²) in [5.41, 5.74) is 2.16. The molecule has 0 saturated heterocycles. The van der Waals surface area contributed by atoms with Gasteiger partial charge in [0.1, 0.15) is 5.75 Å². The van der Waals surface area contributed by atoms with Crippen LogP contribution >= 0.6 is 11.8 Å². The first-order valence-corrected chi connectivity index (χ1v) is 8.79. The molecular formula is C17H19N3O3S. The lowest BCUT2D eigenvalue weighted by atomic mass is 9.97. The van der Waals surface area contributed by atoms with Crippen molar-refractivity contribution in [1.82, 2.24) is 9.97 Å². The van der Waals surface area contributed by atoms with E-state index < -0.39 is 5.25 Å². The molecule has 1 aliphatic rings. The normalized spacial score (nSPS) is 14.7. The fourth-order valence-corrected chi connectivity index (χ4v) is 3.46. The van der Waals surface area contributed by atoms with Crippen molar-refractivity contribution >= 4 is 23.4 Å². The number of amides is 1. The fourth-order valence-electron chi connectivity index (χ4n) is 2.65. The second kappa shape index (κ2) is 7.09. The Morgan fingerprint density at radius 1 is 1.29 bits per heavy atom. The fraction of sp³-hybridized carbons (Fsp3) is 0.353. The van der Waals surface area contributed by atoms with Gasteiger partial charge in [0.05, 0.1) is 10.9 Å². The van der Waals surface area contributed by atoms with E-state index in [1.165, 1.54) is 23.9 Å². The number of carbonyl (C=O) groups excluding carboxylic acids is 1. The molecule has 1 amide bonds. The number of anilines is 1. The highest BCUT2D eigenvalue weighted by Gasteiger charge is 2.19. The van der Waals surface area contributed by atoms with Crippen molar-refractivity contribution in [3.05, 3.63) is 45.9 Å². The highest BCUT2D eigenvalue weighted by Crippen LogP contribution is 2.23. The molecule has 0 spiro atoms. The molecular weight excluding hydrogens is 326 g/mol. The van der Waals surface area contributed by atoms with Crippen molar-refractivity contribution in [2.24, 2.45) is 0 Å². The molecule has 0 bridgehead atoms. The lowest BCUT2D eigenvalue weighted by Gasteiger charge is -2.16. The summed E-state index contributed by atoms with van der Waals surface area (Å²) in [5.74, 6) is -0.0442. The largest absolute Gasteiger partial charge is 0.508 e. The van der Waals surface area contributed by atoms with E-state index in [2.05, 4.69) is 15.3 Å². The van der Waals surface area contributed by atoms with Crippen LogP contribution in [0.15, 0.2) is 34.2 Å². The van der Waals surface area contributed by atoms with Crippen molar-refractivity contribution in [2.75, 3.05) is 5.32 Å². The van der Waals surface area contributed by atoms with Crippen LogP contribution in [-0.4, -0.2) is 26.2 Å². The number of hydrogen-bond donors (Lipinski definition) is 3. The van der Waals surface area contributed by atoms with E-state index >= 15 is 0 Å². The highest BCUT2D eigenvalue weighted by molar-refractivity contribution is 8.00. The number of thioether (sulfide) groups is 1. The van der Waals surface area contributed by atoms with Gasteiger partial charge in [-0.2, -0.15) is 0 Å². The highest BCUT2D eigenvalue weighted by atomic mass is 32.2. The average Bonchev–Trinajstić information content (AvgIpc) is 2.57. The van der Waals surface area contributed by atoms with Crippen LogP contribution < -0.4 is 10.9 Å². The maximum atomic E-state index is 12.3. The Bertz CT molecular complexity index is 802. The zero-order valence-electron chi connectivity index (χ0n) is 13.3. The number of nitrogens with zero attached hydrogens (tertiary/aromatic N) is 1. The minimum atomic E-state index is -0.413. The van der Waals surface area contributed by atoms with E-state index in [0.717, 1.165) is 36.9 Å². The molecule has 7 heteroatoms. The third-order valence-corrected chi connectivity index (χ3v) is 4.95. The average molecular weight is 345 g/mol. The summed E-state index contributed by atoms with van der Waals surface area (Å²) >= 11 is 1.23. The summed E-state index contributed by atoms with van der Waals surface area (Å²) in [4.78, 5) is 31.7. The Balaban J connectivity index is 1.69. The molecule has 3 N–H and O–H groups in total. The van der Waals surface area contributed by atoms with Crippen molar-refractivity contribution in [2.45, 2.75) is 43.0 Å². The minimum absolute atomic E-state index is 0.0895. The summed E-state index contributed by atoms with van der Waals surface area (Å²) < 4.78 is 0. The van der Waals surface area contributed by atoms with E-state index in [1.54, 1.807) is 19.1 Å². The van der Waals surface area contributed by atoms with Gasteiger partial charge in [-0.1, -0.05) is 11.8 Å². The summed E-state index contributed by atoms with van der Waals surface area (Å²) in [7, 11) is 0. The molecule has 0 saturated carbocycles. The molecule has 24 heavy (non-hydrogen) atoms. The second-order valence-electron chi connectivity index (χ2n) is 5.80. The molecule has 2 aromatic rings. The number of hydrogen-bond acceptors (Lipinski definition) is 5. The summed E-state index contributed by atoms with van der Waals surface area (Å²) in [6.07, 6.45) is 3.67. The van der Waals surface area contributed by atoms with Gasteiger partial charge in [-0.25, -0.2) is 4.98 Å². The van der Waals surface area contributed by atoms with Crippen LogP contribution in [0.1, 0.15) is 31.0 Å². The lowest BCUT2D eigenvalue weighted by Crippen LogP contribution is -2.25. The number of aromatic hydroxyl groups is 1. The molecule has 0 radical (unpaired) electrons. The number of aromatic amines is 1. The smallest absolute Gasteiger partial charge is 0.254 e. The van der Waals surface area contributed by atoms with E-state index in [1.807, 2.05) is 0 Å². The van der Waals surface area contributed by atoms with Gasteiger partial charge >= 0.3 is 0 Å². The van der Waals surface area contributed by atoms with Crippen molar-refractivity contribution in [3.8, 4) is 5.75 Å². The topological polar surface area (TPSA) is 95.1 Å². The standard InChI is InChI=1S/C17H19N3O3S/c1-10(15(22)18-11-6-8-12(21)9-7-11)24-17-19-14-5-3-2-4-13(14)16(23)20-17/h6-10,21H,2-5H2,1H3,(H,18,22)(H,19,20,23). The van der Waals surface area contributed by atoms with Crippen LogP contribution in [0.3, 0.4) is 0 Å².